The molecule has 0 fully saturated rings. The second-order valence-electron chi connectivity index (χ2n) is 6.68. The summed E-state index contributed by atoms with van der Waals surface area (Å²) in [5, 5.41) is 9.62. The number of rotatable bonds is 4. The van der Waals surface area contributed by atoms with Gasteiger partial charge in [0.15, 0.2) is 11.4 Å². The van der Waals surface area contributed by atoms with Crippen molar-refractivity contribution in [3.05, 3.63) is 53.2 Å². The number of benzene rings is 2. The highest BCUT2D eigenvalue weighted by molar-refractivity contribution is 5.89. The van der Waals surface area contributed by atoms with E-state index in [1.807, 2.05) is 44.2 Å². The Morgan fingerprint density at radius 2 is 1.96 bits per heavy atom. The fraction of sp³-hybridized carbons (Fsp3) is 0.300. The molecule has 0 saturated heterocycles. The number of fused-ring (bicyclic) bond motifs is 1. The van der Waals surface area contributed by atoms with Gasteiger partial charge >= 0.3 is 0 Å². The normalized spacial score (nSPS) is 11.7. The number of nitriles is 1. The number of ether oxygens (including phenoxy) is 1. The lowest BCUT2D eigenvalue weighted by atomic mass is 9.94. The highest BCUT2D eigenvalue weighted by Crippen LogP contribution is 2.37. The van der Waals surface area contributed by atoms with Crippen LogP contribution in [0.3, 0.4) is 0 Å². The molecule has 4 nitrogen and oxygen atoms in total. The highest BCUT2D eigenvalue weighted by Gasteiger charge is 2.30. The van der Waals surface area contributed by atoms with Gasteiger partial charge in [0.1, 0.15) is 11.6 Å². The summed E-state index contributed by atoms with van der Waals surface area (Å²) < 4.78 is 26.2. The molecule has 0 unspecified atom stereocenters. The molecule has 0 spiro atoms. The number of oxazole rings is 1. The molecule has 0 N–H and O–H groups in total. The third kappa shape index (κ3) is 2.79. The van der Waals surface area contributed by atoms with Crippen molar-refractivity contribution in [1.82, 2.24) is 4.98 Å². The van der Waals surface area contributed by atoms with Crippen molar-refractivity contribution in [3.63, 3.8) is 0 Å². The zero-order valence-electron chi connectivity index (χ0n) is 14.7. The molecule has 128 valence electrons. The minimum Gasteiger partial charge on any atom is -0.437 e. The summed E-state index contributed by atoms with van der Waals surface area (Å²) >= 11 is 0. The Hall–Kier alpha value is -2.71. The van der Waals surface area contributed by atoms with E-state index in [4.69, 9.17) is 9.15 Å². The van der Waals surface area contributed by atoms with Gasteiger partial charge in [0, 0.05) is 12.7 Å². The molecule has 1 aromatic heterocycles. The number of methoxy groups -OCH3 is 1. The smallest absolute Gasteiger partial charge is 0.203 e. The van der Waals surface area contributed by atoms with Crippen LogP contribution in [0.25, 0.3) is 22.2 Å². The summed E-state index contributed by atoms with van der Waals surface area (Å²) in [6, 6.07) is 11.3. The van der Waals surface area contributed by atoms with E-state index in [0.29, 0.717) is 34.8 Å². The summed E-state index contributed by atoms with van der Waals surface area (Å²) in [5.74, 6) is -0.144. The van der Waals surface area contributed by atoms with E-state index in [9.17, 15) is 5.26 Å². The fourth-order valence-corrected chi connectivity index (χ4v) is 3.02. The van der Waals surface area contributed by atoms with Crippen LogP contribution in [0, 0.1) is 24.1 Å². The van der Waals surface area contributed by atoms with Crippen LogP contribution in [0.4, 0.5) is 4.39 Å². The van der Waals surface area contributed by atoms with Gasteiger partial charge in [-0.05, 0) is 31.9 Å². The van der Waals surface area contributed by atoms with Crippen molar-refractivity contribution < 1.29 is 13.5 Å². The minimum atomic E-state index is -0.534. The fourth-order valence-electron chi connectivity index (χ4n) is 3.02. The maximum Gasteiger partial charge on any atom is 0.203 e. The molecular weight excluding hydrogens is 319 g/mol. The molecule has 1 heterocycles. The maximum atomic E-state index is 15.2. The van der Waals surface area contributed by atoms with Gasteiger partial charge in [-0.2, -0.15) is 5.26 Å². The molecule has 0 atom stereocenters. The lowest BCUT2D eigenvalue weighted by Crippen LogP contribution is -2.23. The van der Waals surface area contributed by atoms with Gasteiger partial charge in [0.25, 0.3) is 0 Å². The predicted octanol–water partition coefficient (Wildman–Crippen LogP) is 4.74. The van der Waals surface area contributed by atoms with Crippen molar-refractivity contribution in [2.24, 2.45) is 0 Å². The Labute approximate surface area is 145 Å². The van der Waals surface area contributed by atoms with E-state index >= 15 is 4.39 Å². The zero-order valence-corrected chi connectivity index (χ0v) is 14.7. The number of hydrogen-bond acceptors (Lipinski definition) is 4. The highest BCUT2D eigenvalue weighted by atomic mass is 19.1. The Bertz CT molecular complexity index is 969. The van der Waals surface area contributed by atoms with Gasteiger partial charge in [0.2, 0.25) is 5.89 Å². The van der Waals surface area contributed by atoms with E-state index in [-0.39, 0.29) is 11.1 Å². The standard InChI is InChI=1S/C20H19FN2O2/c1-12-14(10-22)17-18(25-19(23-17)20(2,3)11-24-4)16(21)15(12)13-8-6-5-7-9-13/h5-9H,11H2,1-4H3. The summed E-state index contributed by atoms with van der Waals surface area (Å²) in [5.41, 5.74) is 1.70. The average Bonchev–Trinajstić information content (AvgIpc) is 3.03. The molecule has 3 rings (SSSR count). The van der Waals surface area contributed by atoms with Crippen molar-refractivity contribution >= 4 is 11.1 Å². The summed E-state index contributed by atoms with van der Waals surface area (Å²) in [6.45, 7) is 5.90. The van der Waals surface area contributed by atoms with Gasteiger partial charge in [-0.3, -0.25) is 0 Å². The van der Waals surface area contributed by atoms with Crippen LogP contribution in [0.2, 0.25) is 0 Å². The monoisotopic (exact) mass is 338 g/mol. The van der Waals surface area contributed by atoms with Crippen molar-refractivity contribution in [2.45, 2.75) is 26.2 Å². The van der Waals surface area contributed by atoms with Crippen LogP contribution in [-0.2, 0) is 10.2 Å². The average molecular weight is 338 g/mol. The summed E-state index contributed by atoms with van der Waals surface area (Å²) in [7, 11) is 1.59. The van der Waals surface area contributed by atoms with Gasteiger partial charge in [-0.25, -0.2) is 9.37 Å². The third-order valence-electron chi connectivity index (χ3n) is 4.29. The van der Waals surface area contributed by atoms with E-state index in [2.05, 4.69) is 11.1 Å². The number of nitrogens with zero attached hydrogens (tertiary/aromatic N) is 2. The molecule has 0 radical (unpaired) electrons. The second-order valence-corrected chi connectivity index (χ2v) is 6.68. The Kier molecular flexibility index (Phi) is 4.32. The molecule has 0 aliphatic rings. The van der Waals surface area contributed by atoms with Crippen molar-refractivity contribution in [3.8, 4) is 17.2 Å². The summed E-state index contributed by atoms with van der Waals surface area (Å²) in [6.07, 6.45) is 0. The van der Waals surface area contributed by atoms with Gasteiger partial charge < -0.3 is 9.15 Å². The lowest BCUT2D eigenvalue weighted by molar-refractivity contribution is 0.132. The lowest BCUT2D eigenvalue weighted by Gasteiger charge is -2.18. The molecule has 5 heteroatoms. The first-order chi connectivity index (χ1) is 11.9. The summed E-state index contributed by atoms with van der Waals surface area (Å²) in [4.78, 5) is 4.42. The number of halogens is 1. The minimum absolute atomic E-state index is 0.0141. The molecule has 25 heavy (non-hydrogen) atoms. The second kappa shape index (κ2) is 6.30. The largest absolute Gasteiger partial charge is 0.437 e. The maximum absolute atomic E-state index is 15.2. The number of hydrogen-bond donors (Lipinski definition) is 0. The topological polar surface area (TPSA) is 59.0 Å². The van der Waals surface area contributed by atoms with Crippen molar-refractivity contribution in [2.75, 3.05) is 13.7 Å². The predicted molar refractivity (Wildman–Crippen MR) is 93.8 cm³/mol. The van der Waals surface area contributed by atoms with Crippen LogP contribution >= 0.6 is 0 Å². The third-order valence-corrected chi connectivity index (χ3v) is 4.29. The zero-order chi connectivity index (χ0) is 18.2. The van der Waals surface area contributed by atoms with Crippen LogP contribution in [0.15, 0.2) is 34.7 Å². The Balaban J connectivity index is 2.34. The van der Waals surface area contributed by atoms with Crippen LogP contribution in [0.1, 0.15) is 30.9 Å². The molecule has 0 aliphatic heterocycles. The van der Waals surface area contributed by atoms with Crippen LogP contribution in [-0.4, -0.2) is 18.7 Å². The molecule has 0 aliphatic carbocycles. The first kappa shape index (κ1) is 17.1. The molecule has 0 amide bonds. The van der Waals surface area contributed by atoms with Crippen LogP contribution in [0.5, 0.6) is 0 Å². The van der Waals surface area contributed by atoms with E-state index in [1.54, 1.807) is 14.0 Å². The van der Waals surface area contributed by atoms with Crippen molar-refractivity contribution in [1.29, 1.82) is 5.26 Å². The van der Waals surface area contributed by atoms with E-state index < -0.39 is 11.2 Å². The molecular formula is C20H19FN2O2. The van der Waals surface area contributed by atoms with E-state index in [0.717, 1.165) is 0 Å². The van der Waals surface area contributed by atoms with E-state index in [1.165, 1.54) is 0 Å². The molecule has 2 aromatic carbocycles. The SMILES string of the molecule is COCC(C)(C)c1nc2c(C#N)c(C)c(-c3ccccc3)c(F)c2o1. The molecule has 3 aromatic rings. The quantitative estimate of drug-likeness (QED) is 0.689. The van der Waals surface area contributed by atoms with Crippen LogP contribution < -0.4 is 0 Å². The first-order valence-electron chi connectivity index (χ1n) is 7.98. The number of aromatic nitrogens is 1. The first-order valence-corrected chi connectivity index (χ1v) is 7.98. The Morgan fingerprint density at radius 1 is 1.28 bits per heavy atom. The molecule has 0 saturated carbocycles. The Morgan fingerprint density at radius 3 is 2.56 bits per heavy atom. The van der Waals surface area contributed by atoms with Gasteiger partial charge in [0.05, 0.1) is 17.6 Å². The van der Waals surface area contributed by atoms with Gasteiger partial charge in [-0.15, -0.1) is 0 Å². The molecule has 0 bridgehead atoms. The van der Waals surface area contributed by atoms with Gasteiger partial charge in [-0.1, -0.05) is 30.3 Å².